The van der Waals surface area contributed by atoms with Crippen LogP contribution >= 0.6 is 0 Å². The molecular weight excluding hydrogens is 218 g/mol. The molecule has 1 aromatic rings. The van der Waals surface area contributed by atoms with Crippen LogP contribution in [-0.4, -0.2) is 41.3 Å². The van der Waals surface area contributed by atoms with Gasteiger partial charge in [0.25, 0.3) is 0 Å². The number of ketones is 1. The first kappa shape index (κ1) is 13.8. The zero-order chi connectivity index (χ0) is 12.7. The Bertz CT molecular complexity index is 347. The highest BCUT2D eigenvalue weighted by Crippen LogP contribution is 2.04. The molecule has 0 fully saturated rings. The Labute approximate surface area is 101 Å². The molecule has 1 rings (SSSR count). The molecular formula is C13H19NO3. The lowest BCUT2D eigenvalue weighted by Crippen LogP contribution is -2.49. The summed E-state index contributed by atoms with van der Waals surface area (Å²) in [7, 11) is 0. The van der Waals surface area contributed by atoms with Crippen LogP contribution in [-0.2, 0) is 0 Å². The van der Waals surface area contributed by atoms with Crippen LogP contribution in [0.4, 0.5) is 0 Å². The Morgan fingerprint density at radius 2 is 1.82 bits per heavy atom. The minimum Gasteiger partial charge on any atom is -0.394 e. The zero-order valence-corrected chi connectivity index (χ0v) is 10.0. The van der Waals surface area contributed by atoms with Crippen LogP contribution in [0, 0.1) is 0 Å². The van der Waals surface area contributed by atoms with Crippen molar-refractivity contribution < 1.29 is 15.0 Å². The van der Waals surface area contributed by atoms with E-state index < -0.39 is 5.54 Å². The number of aliphatic hydroxyl groups is 2. The molecule has 0 radical (unpaired) electrons. The molecule has 0 bridgehead atoms. The Morgan fingerprint density at radius 3 is 2.35 bits per heavy atom. The van der Waals surface area contributed by atoms with Crippen molar-refractivity contribution in [2.45, 2.75) is 18.9 Å². The summed E-state index contributed by atoms with van der Waals surface area (Å²) in [6.45, 7) is 1.82. The molecule has 0 saturated carbocycles. The van der Waals surface area contributed by atoms with E-state index in [2.05, 4.69) is 5.32 Å². The summed E-state index contributed by atoms with van der Waals surface area (Å²) in [5, 5.41) is 21.1. The van der Waals surface area contributed by atoms with Gasteiger partial charge in [-0.15, -0.1) is 0 Å². The van der Waals surface area contributed by atoms with Crippen molar-refractivity contribution in [1.29, 1.82) is 0 Å². The fourth-order valence-electron chi connectivity index (χ4n) is 1.41. The van der Waals surface area contributed by atoms with E-state index in [0.29, 0.717) is 18.5 Å². The lowest BCUT2D eigenvalue weighted by molar-refractivity contribution is 0.0926. The average molecular weight is 237 g/mol. The number of aliphatic hydroxyl groups excluding tert-OH is 2. The second-order valence-corrected chi connectivity index (χ2v) is 4.34. The molecule has 0 saturated heterocycles. The lowest BCUT2D eigenvalue weighted by atomic mass is 10.0. The SMILES string of the molecule is CC(CO)(CO)NCCC(=O)c1ccccc1. The Balaban J connectivity index is 2.40. The van der Waals surface area contributed by atoms with Gasteiger partial charge in [-0.25, -0.2) is 0 Å². The van der Waals surface area contributed by atoms with Crippen molar-refractivity contribution in [3.05, 3.63) is 35.9 Å². The van der Waals surface area contributed by atoms with E-state index >= 15 is 0 Å². The third kappa shape index (κ3) is 4.26. The molecule has 0 amide bonds. The first-order chi connectivity index (χ1) is 8.11. The number of Topliss-reactive ketones (excluding diaryl/α,β-unsaturated/α-hetero) is 1. The first-order valence-electron chi connectivity index (χ1n) is 5.66. The largest absolute Gasteiger partial charge is 0.394 e. The molecule has 0 aliphatic rings. The summed E-state index contributed by atoms with van der Waals surface area (Å²) in [6.07, 6.45) is 0.347. The monoisotopic (exact) mass is 237 g/mol. The van der Waals surface area contributed by atoms with E-state index in [0.717, 1.165) is 0 Å². The molecule has 0 unspecified atom stereocenters. The number of nitrogens with one attached hydrogen (secondary N) is 1. The van der Waals surface area contributed by atoms with Crippen molar-refractivity contribution in [2.24, 2.45) is 0 Å². The maximum absolute atomic E-state index is 11.7. The van der Waals surface area contributed by atoms with Crippen LogP contribution in [0.1, 0.15) is 23.7 Å². The van der Waals surface area contributed by atoms with Gasteiger partial charge in [0, 0.05) is 18.5 Å². The summed E-state index contributed by atoms with van der Waals surface area (Å²) in [5.74, 6) is 0.0522. The minimum absolute atomic E-state index is 0.0522. The van der Waals surface area contributed by atoms with E-state index in [9.17, 15) is 4.79 Å². The summed E-state index contributed by atoms with van der Waals surface area (Å²) in [6, 6.07) is 9.07. The van der Waals surface area contributed by atoms with E-state index in [-0.39, 0.29) is 19.0 Å². The van der Waals surface area contributed by atoms with Crippen LogP contribution in [0.3, 0.4) is 0 Å². The second kappa shape index (κ2) is 6.49. The van der Waals surface area contributed by atoms with Crippen molar-refractivity contribution >= 4 is 5.78 Å². The van der Waals surface area contributed by atoms with Gasteiger partial charge in [-0.1, -0.05) is 30.3 Å². The van der Waals surface area contributed by atoms with E-state index in [1.807, 2.05) is 18.2 Å². The van der Waals surface area contributed by atoms with Crippen molar-refractivity contribution in [3.8, 4) is 0 Å². The van der Waals surface area contributed by atoms with Gasteiger partial charge in [-0.3, -0.25) is 4.79 Å². The molecule has 94 valence electrons. The molecule has 3 N–H and O–H groups in total. The lowest BCUT2D eigenvalue weighted by Gasteiger charge is -2.26. The molecule has 0 aromatic heterocycles. The third-order valence-corrected chi connectivity index (χ3v) is 2.70. The van der Waals surface area contributed by atoms with Gasteiger partial charge in [0.05, 0.1) is 18.8 Å². The average Bonchev–Trinajstić information content (AvgIpc) is 2.39. The highest BCUT2D eigenvalue weighted by molar-refractivity contribution is 5.96. The quantitative estimate of drug-likeness (QED) is 0.607. The smallest absolute Gasteiger partial charge is 0.164 e. The molecule has 0 aliphatic heterocycles. The molecule has 0 aliphatic carbocycles. The van der Waals surface area contributed by atoms with Gasteiger partial charge in [0.15, 0.2) is 5.78 Å². The fraction of sp³-hybridized carbons (Fsp3) is 0.462. The predicted molar refractivity (Wildman–Crippen MR) is 66.0 cm³/mol. The van der Waals surface area contributed by atoms with Crippen LogP contribution < -0.4 is 5.32 Å². The second-order valence-electron chi connectivity index (χ2n) is 4.34. The Kier molecular flexibility index (Phi) is 5.28. The number of benzene rings is 1. The molecule has 0 atom stereocenters. The standard InChI is InChI=1S/C13H19NO3/c1-13(9-15,10-16)14-8-7-12(17)11-5-3-2-4-6-11/h2-6,14-16H,7-10H2,1H3. The third-order valence-electron chi connectivity index (χ3n) is 2.70. The number of hydrogen-bond acceptors (Lipinski definition) is 4. The van der Waals surface area contributed by atoms with E-state index in [1.165, 1.54) is 0 Å². The van der Waals surface area contributed by atoms with Gasteiger partial charge in [-0.2, -0.15) is 0 Å². The van der Waals surface area contributed by atoms with Crippen molar-refractivity contribution in [3.63, 3.8) is 0 Å². The van der Waals surface area contributed by atoms with Gasteiger partial charge >= 0.3 is 0 Å². The van der Waals surface area contributed by atoms with Gasteiger partial charge < -0.3 is 15.5 Å². The normalized spacial score (nSPS) is 11.5. The summed E-state index contributed by atoms with van der Waals surface area (Å²) >= 11 is 0. The number of hydrogen-bond donors (Lipinski definition) is 3. The number of rotatable bonds is 7. The highest BCUT2D eigenvalue weighted by Gasteiger charge is 2.21. The van der Waals surface area contributed by atoms with Crippen molar-refractivity contribution in [1.82, 2.24) is 5.32 Å². The van der Waals surface area contributed by atoms with Gasteiger partial charge in [-0.05, 0) is 6.92 Å². The summed E-state index contributed by atoms with van der Waals surface area (Å²) in [5.41, 5.74) is -0.0410. The summed E-state index contributed by atoms with van der Waals surface area (Å²) in [4.78, 5) is 11.7. The number of carbonyl (C=O) groups is 1. The maximum Gasteiger partial charge on any atom is 0.164 e. The topological polar surface area (TPSA) is 69.6 Å². The molecule has 4 heteroatoms. The molecule has 17 heavy (non-hydrogen) atoms. The Morgan fingerprint density at radius 1 is 1.24 bits per heavy atom. The first-order valence-corrected chi connectivity index (χ1v) is 5.66. The van der Waals surface area contributed by atoms with E-state index in [4.69, 9.17) is 10.2 Å². The molecule has 0 spiro atoms. The molecule has 1 aromatic carbocycles. The zero-order valence-electron chi connectivity index (χ0n) is 10.0. The maximum atomic E-state index is 11.7. The highest BCUT2D eigenvalue weighted by atomic mass is 16.3. The predicted octanol–water partition coefficient (Wildman–Crippen LogP) is 0.592. The van der Waals surface area contributed by atoms with Gasteiger partial charge in [0.2, 0.25) is 0 Å². The van der Waals surface area contributed by atoms with Crippen LogP contribution in [0.15, 0.2) is 30.3 Å². The number of carbonyl (C=O) groups excluding carboxylic acids is 1. The van der Waals surface area contributed by atoms with E-state index in [1.54, 1.807) is 19.1 Å². The Hall–Kier alpha value is -1.23. The minimum atomic E-state index is -0.725. The van der Waals surface area contributed by atoms with Crippen LogP contribution in [0.2, 0.25) is 0 Å². The molecule has 4 nitrogen and oxygen atoms in total. The van der Waals surface area contributed by atoms with Crippen LogP contribution in [0.5, 0.6) is 0 Å². The van der Waals surface area contributed by atoms with Crippen LogP contribution in [0.25, 0.3) is 0 Å². The summed E-state index contributed by atoms with van der Waals surface area (Å²) < 4.78 is 0. The molecule has 0 heterocycles. The van der Waals surface area contributed by atoms with Crippen molar-refractivity contribution in [2.75, 3.05) is 19.8 Å². The fourth-order valence-corrected chi connectivity index (χ4v) is 1.41. The van der Waals surface area contributed by atoms with Gasteiger partial charge in [0.1, 0.15) is 0 Å².